The number of nitrogens with one attached hydrogen (secondary N) is 4. The molecule has 19 nitrogen and oxygen atoms in total. The predicted octanol–water partition coefficient (Wildman–Crippen LogP) is 17.2. The van der Waals surface area contributed by atoms with Crippen LogP contribution >= 0.6 is 69.6 Å². The molecule has 0 radical (unpaired) electrons. The molecule has 6 saturated carbocycles. The number of aromatic nitrogens is 6. The fourth-order valence-electron chi connectivity index (χ4n) is 20.5. The number of hydrogen-bond acceptors (Lipinski definition) is 16. The predicted molar refractivity (Wildman–Crippen MR) is 481 cm³/mol. The third-order valence-corrected chi connectivity index (χ3v) is 29.5. The number of hydrogen-bond donors (Lipinski definition) is 4. The van der Waals surface area contributed by atoms with Crippen molar-refractivity contribution in [2.45, 2.75) is 137 Å². The van der Waals surface area contributed by atoms with E-state index >= 15 is 0 Å². The van der Waals surface area contributed by atoms with Crippen LogP contribution in [-0.4, -0.2) is 256 Å². The van der Waals surface area contributed by atoms with E-state index < -0.39 is 0 Å². The number of benzene rings is 6. The number of nitriles is 1. The number of carbonyl (C=O) groups excluding carboxylic acids is 1. The van der Waals surface area contributed by atoms with E-state index in [4.69, 9.17) is 84.6 Å². The molecule has 9 fully saturated rings. The number of halogens is 6. The van der Waals surface area contributed by atoms with E-state index in [0.717, 1.165) is 243 Å². The van der Waals surface area contributed by atoms with Crippen molar-refractivity contribution in [3.63, 3.8) is 0 Å². The highest BCUT2D eigenvalue weighted by atomic mass is 35.5. The van der Waals surface area contributed by atoms with E-state index in [1.165, 1.54) is 68.3 Å². The molecule has 622 valence electrons. The summed E-state index contributed by atoms with van der Waals surface area (Å²) in [6.45, 7) is 21.1. The summed E-state index contributed by atoms with van der Waals surface area (Å²) in [5.74, 6) is 4.88. The second-order valence-electron chi connectivity index (χ2n) is 35.4. The molecular formula is C91H119Cl6N18O-. The lowest BCUT2D eigenvalue weighted by Crippen LogP contribution is -2.46. The summed E-state index contributed by atoms with van der Waals surface area (Å²) < 4.78 is 0. The SMILES string of the molecule is CN(C)Cc1cccc([C@]23CC[C@@H](N(CCCN4CCN(C)CC4)c4nc5cc(Cl)c(Cl)cc5[nH]4)CC2C3)c1.CN1CCN(CCCN(c2nc3cc(Cl)c(Cl)cc3[nH]2)[C@@H]2CC[C@]3(c4cccc(C#N)c4)CC3C2)CC1.CN1CCN(CCCN(c2nc3cc(Cl)c(Cl)cc3[nH]2)[C@@H]2CC[C@]3(c4cccc(C=O)c4)CC3C2)CC1.CNC.[H-]. The lowest BCUT2D eigenvalue weighted by atomic mass is 9.80. The van der Waals surface area contributed by atoms with Crippen molar-refractivity contribution in [1.29, 1.82) is 5.26 Å². The first-order chi connectivity index (χ1) is 56.1. The molecule has 6 aromatic carbocycles. The van der Waals surface area contributed by atoms with Gasteiger partial charge in [-0.2, -0.15) is 5.26 Å². The molecule has 25 heteroatoms. The van der Waals surface area contributed by atoms with Crippen molar-refractivity contribution < 1.29 is 6.22 Å². The van der Waals surface area contributed by atoms with Gasteiger partial charge >= 0.3 is 0 Å². The number of carbonyl (C=O) groups is 1. The van der Waals surface area contributed by atoms with Crippen LogP contribution in [0.1, 0.15) is 136 Å². The lowest BCUT2D eigenvalue weighted by molar-refractivity contribution is 0.112. The van der Waals surface area contributed by atoms with Gasteiger partial charge in [0.05, 0.1) is 74.9 Å². The van der Waals surface area contributed by atoms with Crippen LogP contribution in [0.25, 0.3) is 33.1 Å². The van der Waals surface area contributed by atoms with Gasteiger partial charge in [0.2, 0.25) is 17.8 Å². The molecule has 0 amide bonds. The standard InChI is InChI=1S/C31H42Cl2N6.C29H34Cl2N6.C29H35Cl2N5O.C2H7N.H/c1-36(2)21-22-6-4-7-23(16-22)31-9-8-25(17-24(31)20-31)39(11-5-10-38-14-12-37(3)13-15-38)30-34-28-18-26(32)27(33)19-29(28)35-30;1-35-10-12-36(13-11-35)8-3-9-37(28-33-26-16-24(30)25(31)17-27(26)34-28)23-6-7-29(18-22(29)15-23)21-5-2-4-20(14-21)19-32;1-34-10-12-35(13-11-34)8-3-9-36(28-32-26-16-24(30)25(31)17-27(26)33-28)23-6-7-29(18-22(29)15-23)21-5-2-4-20(14-21)19-37;1-3-2;/h4,6-7,16,18-19,24-25H,5,8-15,17,20-21H2,1-3H3,(H,34,35);2,4-5,14,16-17,22-23H,3,6-13,15,18H2,1H3,(H,33,34);2,4-5,14,16-17,19,22-23H,3,6-13,15,18H2,1H3,(H,32,33);3H,1-2H3;/q;;;;-1/t24?,25-,31-;2*22?,23-,29-;;/m111../s1. The molecule has 4 N–H and O–H groups in total. The zero-order chi connectivity index (χ0) is 81.0. The van der Waals surface area contributed by atoms with Gasteiger partial charge in [0.15, 0.2) is 0 Å². The van der Waals surface area contributed by atoms with Crippen molar-refractivity contribution in [3.8, 4) is 6.07 Å². The van der Waals surface area contributed by atoms with Crippen LogP contribution < -0.4 is 20.0 Å². The quantitative estimate of drug-likeness (QED) is 0.0421. The zero-order valence-electron chi connectivity index (χ0n) is 69.9. The summed E-state index contributed by atoms with van der Waals surface area (Å²) in [6, 6.07) is 40.9. The van der Waals surface area contributed by atoms with Gasteiger partial charge in [0.1, 0.15) is 6.29 Å². The summed E-state index contributed by atoms with van der Waals surface area (Å²) in [4.78, 5) is 61.9. The van der Waals surface area contributed by atoms with Crippen LogP contribution in [0.3, 0.4) is 0 Å². The first kappa shape index (κ1) is 84.7. The normalized spacial score (nSPS) is 25.5. The van der Waals surface area contributed by atoms with Crippen molar-refractivity contribution in [2.24, 2.45) is 17.8 Å². The van der Waals surface area contributed by atoms with Crippen molar-refractivity contribution in [3.05, 3.63) is 173 Å². The molecule has 6 aliphatic carbocycles. The van der Waals surface area contributed by atoms with Crippen molar-refractivity contribution in [2.75, 3.05) is 182 Å². The largest absolute Gasteiger partial charge is 1.00 e. The van der Waals surface area contributed by atoms with Gasteiger partial charge < -0.3 is 70.7 Å². The number of fused-ring (bicyclic) bond motifs is 6. The fraction of sp³-hybridized carbons (Fsp3) is 0.549. The maximum atomic E-state index is 11.4. The van der Waals surface area contributed by atoms with Crippen LogP contribution in [0.2, 0.25) is 30.1 Å². The first-order valence-electron chi connectivity index (χ1n) is 42.6. The summed E-state index contributed by atoms with van der Waals surface area (Å²) in [5.41, 5.74) is 13.5. The summed E-state index contributed by atoms with van der Waals surface area (Å²) in [7, 11) is 14.7. The Kier molecular flexibility index (Phi) is 27.3. The van der Waals surface area contributed by atoms with E-state index in [0.29, 0.717) is 65.5 Å². The van der Waals surface area contributed by atoms with E-state index in [2.05, 4.69) is 159 Å². The molecule has 0 spiro atoms. The first-order valence-corrected chi connectivity index (χ1v) is 44.8. The van der Waals surface area contributed by atoms with E-state index in [9.17, 15) is 10.1 Å². The maximum absolute atomic E-state index is 11.4. The molecule has 9 atom stereocenters. The molecule has 18 rings (SSSR count). The van der Waals surface area contributed by atoms with Gasteiger partial charge in [0, 0.05) is 128 Å². The van der Waals surface area contributed by atoms with E-state index in [1.807, 2.05) is 74.8 Å². The molecule has 9 aromatic rings. The minimum Gasteiger partial charge on any atom is -1.00 e. The Hall–Kier alpha value is -6.29. The number of likely N-dealkylation sites (N-methyl/N-ethyl adjacent to an activating group) is 3. The van der Waals surface area contributed by atoms with Crippen LogP contribution in [0.4, 0.5) is 17.8 Å². The summed E-state index contributed by atoms with van der Waals surface area (Å²) >= 11 is 37.9. The van der Waals surface area contributed by atoms with Crippen LogP contribution in [0, 0.1) is 29.1 Å². The number of piperazine rings is 3. The molecule has 9 aliphatic rings. The van der Waals surface area contributed by atoms with Gasteiger partial charge in [-0.25, -0.2) is 15.0 Å². The smallest absolute Gasteiger partial charge is 0.204 e. The molecular weight excluding hydrogens is 1570 g/mol. The Labute approximate surface area is 718 Å². The Morgan fingerprint density at radius 1 is 0.483 bits per heavy atom. The molecule has 3 aromatic heterocycles. The fourth-order valence-corrected chi connectivity index (χ4v) is 21.4. The minimum atomic E-state index is 0. The van der Waals surface area contributed by atoms with Crippen molar-refractivity contribution in [1.82, 2.24) is 69.5 Å². The molecule has 6 heterocycles. The molecule has 3 saturated heterocycles. The van der Waals surface area contributed by atoms with Gasteiger partial charge in [-0.3, -0.25) is 4.79 Å². The summed E-state index contributed by atoms with van der Waals surface area (Å²) in [5, 5.41) is 15.4. The Balaban J connectivity index is 0.000000141. The zero-order valence-corrected chi connectivity index (χ0v) is 73.4. The minimum absolute atomic E-state index is 0. The van der Waals surface area contributed by atoms with Gasteiger partial charge in [-0.15, -0.1) is 0 Å². The number of aldehydes is 1. The average molecular weight is 1690 g/mol. The second kappa shape index (κ2) is 37.4. The number of imidazole rings is 3. The van der Waals surface area contributed by atoms with Crippen LogP contribution in [0.5, 0.6) is 0 Å². The number of nitrogens with zero attached hydrogens (tertiary/aromatic N) is 14. The maximum Gasteiger partial charge on any atom is 0.204 e. The molecule has 116 heavy (non-hydrogen) atoms. The highest BCUT2D eigenvalue weighted by molar-refractivity contribution is 6.44. The Bertz CT molecular complexity index is 4780. The average Bonchev–Trinajstić information content (AvgIpc) is 1.57. The van der Waals surface area contributed by atoms with E-state index in [1.54, 1.807) is 5.56 Å². The highest BCUT2D eigenvalue weighted by Gasteiger charge is 2.61. The van der Waals surface area contributed by atoms with Crippen LogP contribution in [0.15, 0.2) is 109 Å². The number of aromatic amines is 3. The lowest BCUT2D eigenvalue weighted by Gasteiger charge is -2.38. The van der Waals surface area contributed by atoms with Gasteiger partial charge in [-0.05, 0) is 276 Å². The Morgan fingerprint density at radius 3 is 1.16 bits per heavy atom. The van der Waals surface area contributed by atoms with Gasteiger partial charge in [-0.1, -0.05) is 124 Å². The molecule has 0 bridgehead atoms. The van der Waals surface area contributed by atoms with Gasteiger partial charge in [0.25, 0.3) is 0 Å². The number of rotatable bonds is 24. The topological polar surface area (TPSA) is 171 Å². The summed E-state index contributed by atoms with van der Waals surface area (Å²) in [6.07, 6.45) is 18.6. The highest BCUT2D eigenvalue weighted by Crippen LogP contribution is 2.65. The number of H-pyrrole nitrogens is 3. The Morgan fingerprint density at radius 2 is 0.819 bits per heavy atom. The third-order valence-electron chi connectivity index (χ3n) is 27.4. The second-order valence-corrected chi connectivity index (χ2v) is 37.9. The number of anilines is 3. The molecule has 3 unspecified atom stereocenters. The van der Waals surface area contributed by atoms with Crippen molar-refractivity contribution >= 4 is 127 Å². The van der Waals surface area contributed by atoms with E-state index in [-0.39, 0.29) is 12.3 Å². The monoisotopic (exact) mass is 1690 g/mol. The van der Waals surface area contributed by atoms with Crippen LogP contribution in [-0.2, 0) is 22.8 Å². The third kappa shape index (κ3) is 19.5. The molecule has 3 aliphatic heterocycles.